The van der Waals surface area contributed by atoms with Crippen molar-refractivity contribution in [2.75, 3.05) is 6.61 Å². The van der Waals surface area contributed by atoms with E-state index in [2.05, 4.69) is 0 Å². The predicted octanol–water partition coefficient (Wildman–Crippen LogP) is 3.85. The minimum Gasteiger partial charge on any atom is -0.465 e. The first-order valence-corrected chi connectivity index (χ1v) is 11.9. The van der Waals surface area contributed by atoms with Crippen molar-refractivity contribution >= 4 is 24.1 Å². The number of fused-ring (bicyclic) bond motifs is 2. The minimum atomic E-state index is -0.603. The van der Waals surface area contributed by atoms with Gasteiger partial charge in [0.2, 0.25) is 0 Å². The molecule has 4 rings (SSSR count). The van der Waals surface area contributed by atoms with Gasteiger partial charge in [-0.2, -0.15) is 0 Å². The van der Waals surface area contributed by atoms with Gasteiger partial charge in [0, 0.05) is 19.3 Å². The van der Waals surface area contributed by atoms with Crippen LogP contribution in [0.25, 0.3) is 0 Å². The zero-order chi connectivity index (χ0) is 22.5. The van der Waals surface area contributed by atoms with Crippen molar-refractivity contribution < 1.29 is 42.9 Å². The molecule has 0 radical (unpaired) electrons. The van der Waals surface area contributed by atoms with Gasteiger partial charge in [0.25, 0.3) is 0 Å². The lowest BCUT2D eigenvalue weighted by atomic mass is 9.82. The smallest absolute Gasteiger partial charge is 0.465 e. The molecule has 4 aliphatic rings. The molecule has 0 bridgehead atoms. The summed E-state index contributed by atoms with van der Waals surface area (Å²) in [7, 11) is 0. The molecule has 2 saturated carbocycles. The Bertz CT molecular complexity index is 660. The van der Waals surface area contributed by atoms with Gasteiger partial charge in [-0.05, 0) is 69.6 Å². The van der Waals surface area contributed by atoms with Crippen LogP contribution >= 0.6 is 0 Å². The maximum Gasteiger partial charge on any atom is 0.509 e. The van der Waals surface area contributed by atoms with E-state index < -0.39 is 12.3 Å². The molecular weight excluding hydrogens is 420 g/mol. The third-order valence-corrected chi connectivity index (χ3v) is 7.07. The lowest BCUT2D eigenvalue weighted by Gasteiger charge is -2.28. The van der Waals surface area contributed by atoms with E-state index in [4.69, 9.17) is 23.7 Å². The van der Waals surface area contributed by atoms with Gasteiger partial charge in [-0.3, -0.25) is 9.59 Å². The van der Waals surface area contributed by atoms with Gasteiger partial charge in [-0.1, -0.05) is 0 Å². The summed E-state index contributed by atoms with van der Waals surface area (Å²) in [5.41, 5.74) is 0. The molecule has 0 amide bonds. The highest BCUT2D eigenvalue weighted by molar-refractivity contribution is 5.78. The maximum absolute atomic E-state index is 12.2. The number of hydrogen-bond acceptors (Lipinski definition) is 9. The predicted molar refractivity (Wildman–Crippen MR) is 109 cm³/mol. The van der Waals surface area contributed by atoms with Gasteiger partial charge in [-0.25, -0.2) is 9.59 Å². The average molecular weight is 453 g/mol. The second-order valence-electron chi connectivity index (χ2n) is 9.45. The van der Waals surface area contributed by atoms with Crippen LogP contribution in [0.5, 0.6) is 0 Å². The van der Waals surface area contributed by atoms with Gasteiger partial charge < -0.3 is 23.7 Å². The summed E-state index contributed by atoms with van der Waals surface area (Å²) in [6, 6.07) is 0. The summed E-state index contributed by atoms with van der Waals surface area (Å²) < 4.78 is 25.9. The highest BCUT2D eigenvalue weighted by Crippen LogP contribution is 2.35. The molecule has 0 spiro atoms. The first-order valence-electron chi connectivity index (χ1n) is 11.9. The zero-order valence-corrected chi connectivity index (χ0v) is 18.3. The lowest BCUT2D eigenvalue weighted by molar-refractivity contribution is -0.146. The van der Waals surface area contributed by atoms with Crippen LogP contribution in [0.3, 0.4) is 0 Å². The van der Waals surface area contributed by atoms with E-state index >= 15 is 0 Å². The number of ketones is 1. The molecule has 2 aliphatic carbocycles. The fraction of sp³-hybridized carbons (Fsp3) is 0.826. The van der Waals surface area contributed by atoms with Crippen molar-refractivity contribution in [3.8, 4) is 0 Å². The highest BCUT2D eigenvalue weighted by Gasteiger charge is 2.42. The molecule has 0 N–H and O–H groups in total. The zero-order valence-electron chi connectivity index (χ0n) is 18.3. The Hall–Kier alpha value is -2.32. The lowest BCUT2D eigenvalue weighted by Crippen LogP contribution is -2.33. The van der Waals surface area contributed by atoms with Gasteiger partial charge in [0.15, 0.2) is 0 Å². The fourth-order valence-electron chi connectivity index (χ4n) is 5.21. The van der Waals surface area contributed by atoms with E-state index in [1.807, 2.05) is 0 Å². The van der Waals surface area contributed by atoms with Crippen LogP contribution in [-0.2, 0) is 33.3 Å². The molecule has 6 atom stereocenters. The Labute approximate surface area is 187 Å². The second-order valence-corrected chi connectivity index (χ2v) is 9.45. The highest BCUT2D eigenvalue weighted by atomic mass is 16.8. The van der Waals surface area contributed by atoms with Crippen molar-refractivity contribution in [2.24, 2.45) is 11.8 Å². The average Bonchev–Trinajstić information content (AvgIpc) is 3.33. The molecule has 0 aromatic heterocycles. The number of ether oxygens (including phenoxy) is 5. The van der Waals surface area contributed by atoms with Gasteiger partial charge in [0.05, 0.1) is 6.61 Å². The molecule has 2 saturated heterocycles. The summed E-state index contributed by atoms with van der Waals surface area (Å²) in [5, 5.41) is 0. The van der Waals surface area contributed by atoms with Crippen molar-refractivity contribution in [2.45, 2.75) is 101 Å². The van der Waals surface area contributed by atoms with E-state index in [1.54, 1.807) is 0 Å². The van der Waals surface area contributed by atoms with E-state index in [-0.39, 0.29) is 42.1 Å². The molecule has 9 heteroatoms. The summed E-state index contributed by atoms with van der Waals surface area (Å²) >= 11 is 0. The quantitative estimate of drug-likeness (QED) is 0.277. The number of esters is 1. The first kappa shape index (κ1) is 22.9. The molecule has 2 aliphatic heterocycles. The SMILES string of the molecule is O=C(CCCCC(=O)OCC1CCC2OC(=O)OC2C1)CCC1CCC2OC(=O)OC2C1. The molecule has 0 aromatic carbocycles. The molecule has 4 fully saturated rings. The molecule has 0 aromatic rings. The number of carbonyl (C=O) groups is 4. The van der Waals surface area contributed by atoms with Gasteiger partial charge in [0.1, 0.15) is 30.2 Å². The van der Waals surface area contributed by atoms with Crippen molar-refractivity contribution in [1.29, 1.82) is 0 Å². The van der Waals surface area contributed by atoms with E-state index in [1.165, 1.54) is 0 Å². The maximum atomic E-state index is 12.2. The Morgan fingerprint density at radius 2 is 1.28 bits per heavy atom. The third-order valence-electron chi connectivity index (χ3n) is 7.07. The number of Topliss-reactive ketones (excluding diaryl/α,β-unsaturated/α-hetero) is 1. The number of rotatable bonds is 10. The van der Waals surface area contributed by atoms with E-state index in [9.17, 15) is 19.2 Å². The monoisotopic (exact) mass is 452 g/mol. The molecule has 32 heavy (non-hydrogen) atoms. The minimum absolute atomic E-state index is 0.113. The van der Waals surface area contributed by atoms with Crippen LogP contribution in [0.15, 0.2) is 0 Å². The third kappa shape index (κ3) is 6.13. The molecule has 2 heterocycles. The molecular formula is C23H32O9. The topological polar surface area (TPSA) is 114 Å². The van der Waals surface area contributed by atoms with Crippen LogP contribution < -0.4 is 0 Å². The van der Waals surface area contributed by atoms with Crippen LogP contribution in [0.4, 0.5) is 9.59 Å². The van der Waals surface area contributed by atoms with Gasteiger partial charge >= 0.3 is 18.3 Å². The Balaban J connectivity index is 1.02. The molecule has 9 nitrogen and oxygen atoms in total. The number of unbranched alkanes of at least 4 members (excludes halogenated alkanes) is 1. The van der Waals surface area contributed by atoms with Gasteiger partial charge in [-0.15, -0.1) is 0 Å². The van der Waals surface area contributed by atoms with Crippen LogP contribution in [0.1, 0.15) is 77.0 Å². The largest absolute Gasteiger partial charge is 0.509 e. The fourth-order valence-corrected chi connectivity index (χ4v) is 5.21. The molecule has 178 valence electrons. The van der Waals surface area contributed by atoms with Crippen molar-refractivity contribution in [1.82, 2.24) is 0 Å². The summed E-state index contributed by atoms with van der Waals surface area (Å²) in [4.78, 5) is 46.5. The van der Waals surface area contributed by atoms with Crippen molar-refractivity contribution in [3.05, 3.63) is 0 Å². The van der Waals surface area contributed by atoms with Crippen molar-refractivity contribution in [3.63, 3.8) is 0 Å². The second kappa shape index (κ2) is 10.5. The molecule has 6 unspecified atom stereocenters. The Morgan fingerprint density at radius 3 is 1.97 bits per heavy atom. The van der Waals surface area contributed by atoms with E-state index in [0.29, 0.717) is 51.0 Å². The van der Waals surface area contributed by atoms with Crippen LogP contribution in [0, 0.1) is 11.8 Å². The Morgan fingerprint density at radius 1 is 0.719 bits per heavy atom. The summed E-state index contributed by atoms with van der Waals surface area (Å²) in [6.45, 7) is 0.335. The number of hydrogen-bond donors (Lipinski definition) is 0. The van der Waals surface area contributed by atoms with Crippen LogP contribution in [-0.4, -0.2) is 55.1 Å². The normalized spacial score (nSPS) is 33.2. The summed E-state index contributed by atoms with van der Waals surface area (Å²) in [5.74, 6) is 0.541. The Kier molecular flexibility index (Phi) is 7.52. The summed E-state index contributed by atoms with van der Waals surface area (Å²) in [6.07, 6.45) is 6.38. The number of carbonyl (C=O) groups excluding carboxylic acids is 4. The first-order chi connectivity index (χ1) is 15.5. The standard InChI is InChI=1S/C23H32O9/c24-16(8-5-14-6-9-17-19(11-14)31-22(26)29-17)3-1-2-4-21(25)28-13-15-7-10-18-20(12-15)32-23(27)30-18/h14-15,17-20H,1-13H2. The van der Waals surface area contributed by atoms with Crippen LogP contribution in [0.2, 0.25) is 0 Å². The van der Waals surface area contributed by atoms with E-state index in [0.717, 1.165) is 38.5 Å².